The van der Waals surface area contributed by atoms with E-state index < -0.39 is 0 Å². The van der Waals surface area contributed by atoms with Crippen LogP contribution < -0.4 is 0 Å². The fourth-order valence-electron chi connectivity index (χ4n) is 6.51. The molecule has 9 rings (SSSR count). The molecular formula is C40H25N3S. The van der Waals surface area contributed by atoms with Crippen molar-refractivity contribution >= 4 is 48.9 Å². The number of hydrogen-bond donors (Lipinski definition) is 0. The highest BCUT2D eigenvalue weighted by atomic mass is 32.2. The van der Waals surface area contributed by atoms with Gasteiger partial charge in [-0.15, -0.1) is 10.5 Å². The second-order valence-electron chi connectivity index (χ2n) is 11.2. The van der Waals surface area contributed by atoms with E-state index in [0.717, 1.165) is 49.7 Å². The molecule has 1 atom stereocenters. The van der Waals surface area contributed by atoms with Crippen LogP contribution in [-0.4, -0.2) is 20.8 Å². The van der Waals surface area contributed by atoms with Gasteiger partial charge in [0.05, 0.1) is 22.4 Å². The zero-order chi connectivity index (χ0) is 29.2. The van der Waals surface area contributed by atoms with E-state index in [9.17, 15) is 0 Å². The van der Waals surface area contributed by atoms with Gasteiger partial charge in [0, 0.05) is 55.0 Å². The number of rotatable bonds is 3. The van der Waals surface area contributed by atoms with Gasteiger partial charge >= 0.3 is 0 Å². The summed E-state index contributed by atoms with van der Waals surface area (Å²) in [5.74, 6) is 4.62. The smallest absolute Gasteiger partial charge is 0.0972 e. The van der Waals surface area contributed by atoms with Gasteiger partial charge in [0.1, 0.15) is 0 Å². The molecule has 0 saturated heterocycles. The van der Waals surface area contributed by atoms with Crippen LogP contribution in [0.3, 0.4) is 0 Å². The molecule has 1 unspecified atom stereocenters. The van der Waals surface area contributed by atoms with Gasteiger partial charge in [-0.2, -0.15) is 0 Å². The molecule has 0 N–H and O–H groups in total. The molecule has 0 aliphatic carbocycles. The topological polar surface area (TPSA) is 38.7 Å². The summed E-state index contributed by atoms with van der Waals surface area (Å²) >= 11 is 0. The Kier molecular flexibility index (Phi) is 5.59. The molecule has 0 saturated carbocycles. The highest BCUT2D eigenvalue weighted by molar-refractivity contribution is 8.14. The molecule has 0 bridgehead atoms. The normalized spacial score (nSPS) is 13.8. The maximum Gasteiger partial charge on any atom is 0.0972 e. The van der Waals surface area contributed by atoms with Crippen LogP contribution in [0.4, 0.5) is 0 Å². The standard InChI is InChI=1S/C40H25N3S/c1-44-36-20-17-28(23-33(36)38-32(11-6-12-37(38)44)31-10-5-9-29-24-41-22-21-30(29)31)35-19-16-27-14-13-26-15-18-34(25-7-3-2-4-8-25)42-39(26)40(27)43-35/h2-24H,1H2. The van der Waals surface area contributed by atoms with Crippen LogP contribution in [0.1, 0.15) is 0 Å². The number of nitrogens with zero attached hydrogens (tertiary/aromatic N) is 3. The summed E-state index contributed by atoms with van der Waals surface area (Å²) in [5, 5.41) is 4.51. The SMILES string of the molecule is C=S1c2ccc(-c3ccc4ccc5ccc(-c6ccccc6)nc5c4n3)cc2-c2c(-c3cccc4cnccc34)cccc21. The molecule has 1 aliphatic heterocycles. The Bertz CT molecular complexity index is 2460. The van der Waals surface area contributed by atoms with E-state index >= 15 is 0 Å². The van der Waals surface area contributed by atoms with Crippen LogP contribution >= 0.6 is 10.5 Å². The molecule has 4 heteroatoms. The Morgan fingerprint density at radius 2 is 1.20 bits per heavy atom. The highest BCUT2D eigenvalue weighted by Crippen LogP contribution is 2.56. The Morgan fingerprint density at radius 1 is 0.500 bits per heavy atom. The maximum absolute atomic E-state index is 5.25. The molecule has 206 valence electrons. The van der Waals surface area contributed by atoms with Crippen LogP contribution in [0, 0.1) is 0 Å². The lowest BCUT2D eigenvalue weighted by molar-refractivity contribution is 1.36. The fourth-order valence-corrected chi connectivity index (χ4v) is 8.12. The molecule has 0 radical (unpaired) electrons. The summed E-state index contributed by atoms with van der Waals surface area (Å²) in [5.41, 5.74) is 10.9. The molecule has 0 spiro atoms. The van der Waals surface area contributed by atoms with Crippen LogP contribution in [-0.2, 0) is 0 Å². The Morgan fingerprint density at radius 3 is 2.00 bits per heavy atom. The molecule has 5 aromatic carbocycles. The van der Waals surface area contributed by atoms with Crippen molar-refractivity contribution in [2.24, 2.45) is 0 Å². The van der Waals surface area contributed by atoms with Gasteiger partial charge in [0.15, 0.2) is 0 Å². The molecule has 0 amide bonds. The van der Waals surface area contributed by atoms with E-state index in [1.165, 1.54) is 37.4 Å². The molecule has 4 heterocycles. The van der Waals surface area contributed by atoms with Crippen molar-refractivity contribution in [2.75, 3.05) is 0 Å². The number of hydrogen-bond acceptors (Lipinski definition) is 3. The van der Waals surface area contributed by atoms with Gasteiger partial charge in [0.2, 0.25) is 0 Å². The quantitative estimate of drug-likeness (QED) is 0.154. The largest absolute Gasteiger partial charge is 0.264 e. The number of fused-ring (bicyclic) bond motifs is 7. The first-order valence-electron chi connectivity index (χ1n) is 14.6. The average molecular weight is 580 g/mol. The lowest BCUT2D eigenvalue weighted by Gasteiger charge is -2.13. The van der Waals surface area contributed by atoms with Crippen molar-refractivity contribution in [3.8, 4) is 44.8 Å². The average Bonchev–Trinajstić information content (AvgIpc) is 3.39. The predicted octanol–water partition coefficient (Wildman–Crippen LogP) is 10.4. The predicted molar refractivity (Wildman–Crippen MR) is 185 cm³/mol. The first-order chi connectivity index (χ1) is 21.7. The third-order valence-corrected chi connectivity index (χ3v) is 10.4. The van der Waals surface area contributed by atoms with E-state index in [1.807, 2.05) is 30.6 Å². The summed E-state index contributed by atoms with van der Waals surface area (Å²) in [4.78, 5) is 17.3. The minimum atomic E-state index is -0.260. The van der Waals surface area contributed by atoms with E-state index in [1.54, 1.807) is 0 Å². The first kappa shape index (κ1) is 25.1. The molecule has 1 aliphatic rings. The molecule has 3 nitrogen and oxygen atoms in total. The minimum Gasteiger partial charge on any atom is -0.264 e. The Labute approximate surface area is 257 Å². The van der Waals surface area contributed by atoms with E-state index in [4.69, 9.17) is 9.97 Å². The van der Waals surface area contributed by atoms with E-state index in [0.29, 0.717) is 0 Å². The van der Waals surface area contributed by atoms with Crippen molar-refractivity contribution in [3.05, 3.63) is 140 Å². The van der Waals surface area contributed by atoms with Crippen LogP contribution in [0.2, 0.25) is 0 Å². The zero-order valence-corrected chi connectivity index (χ0v) is 24.6. The van der Waals surface area contributed by atoms with Gasteiger partial charge < -0.3 is 0 Å². The van der Waals surface area contributed by atoms with Crippen molar-refractivity contribution in [1.82, 2.24) is 15.0 Å². The molecular weight excluding hydrogens is 555 g/mol. The molecule has 44 heavy (non-hydrogen) atoms. The molecule has 3 aromatic heterocycles. The summed E-state index contributed by atoms with van der Waals surface area (Å²) in [6, 6.07) is 45.1. The summed E-state index contributed by atoms with van der Waals surface area (Å²) in [7, 11) is -0.260. The van der Waals surface area contributed by atoms with Gasteiger partial charge in [-0.05, 0) is 58.5 Å². The Hall–Kier alpha value is -5.45. The van der Waals surface area contributed by atoms with Crippen LogP contribution in [0.5, 0.6) is 0 Å². The second-order valence-corrected chi connectivity index (χ2v) is 12.8. The number of aromatic nitrogens is 3. The molecule has 0 fully saturated rings. The van der Waals surface area contributed by atoms with Crippen molar-refractivity contribution < 1.29 is 0 Å². The second kappa shape index (κ2) is 9.80. The molecule has 8 aromatic rings. The fraction of sp³-hybridized carbons (Fsp3) is 0. The van der Waals surface area contributed by atoms with Crippen molar-refractivity contribution in [3.63, 3.8) is 0 Å². The van der Waals surface area contributed by atoms with Crippen molar-refractivity contribution in [1.29, 1.82) is 0 Å². The lowest BCUT2D eigenvalue weighted by atomic mass is 9.91. The summed E-state index contributed by atoms with van der Waals surface area (Å²) in [6.07, 6.45) is 3.81. The lowest BCUT2D eigenvalue weighted by Crippen LogP contribution is -1.91. The third kappa shape index (κ3) is 3.85. The zero-order valence-electron chi connectivity index (χ0n) is 23.7. The highest BCUT2D eigenvalue weighted by Gasteiger charge is 2.26. The van der Waals surface area contributed by atoms with Crippen molar-refractivity contribution in [2.45, 2.75) is 9.79 Å². The Balaban J connectivity index is 1.22. The minimum absolute atomic E-state index is 0.260. The summed E-state index contributed by atoms with van der Waals surface area (Å²) in [6.45, 7) is 0. The van der Waals surface area contributed by atoms with Gasteiger partial charge in [-0.3, -0.25) is 4.98 Å². The van der Waals surface area contributed by atoms with Gasteiger partial charge in [-0.1, -0.05) is 96.9 Å². The summed E-state index contributed by atoms with van der Waals surface area (Å²) < 4.78 is 0. The van der Waals surface area contributed by atoms with Crippen LogP contribution in [0.15, 0.2) is 150 Å². The third-order valence-electron chi connectivity index (χ3n) is 8.66. The first-order valence-corrected chi connectivity index (χ1v) is 16.0. The van der Waals surface area contributed by atoms with Gasteiger partial charge in [-0.25, -0.2) is 9.97 Å². The number of pyridine rings is 3. The van der Waals surface area contributed by atoms with Gasteiger partial charge in [0.25, 0.3) is 0 Å². The van der Waals surface area contributed by atoms with E-state index in [-0.39, 0.29) is 10.5 Å². The number of benzene rings is 5. The van der Waals surface area contributed by atoms with Crippen LogP contribution in [0.25, 0.3) is 77.3 Å². The van der Waals surface area contributed by atoms with E-state index in [2.05, 4.69) is 120 Å². The monoisotopic (exact) mass is 579 g/mol. The maximum atomic E-state index is 5.25.